The zero-order valence-electron chi connectivity index (χ0n) is 11.4. The number of rotatable bonds is 3. The molecular weight excluding hydrogens is 224 g/mol. The standard InChI is InChI=1S/C15H26N2O/c18-15(16-14-7-2-1-3-8-14)11-17-9-12-5-4-6-13(12)10-17/h12-14H,1-11H2,(H,16,18). The highest BCUT2D eigenvalue weighted by atomic mass is 16.2. The first-order valence-corrected chi connectivity index (χ1v) is 7.83. The Morgan fingerprint density at radius 1 is 0.944 bits per heavy atom. The zero-order valence-corrected chi connectivity index (χ0v) is 11.4. The van der Waals surface area contributed by atoms with E-state index in [-0.39, 0.29) is 5.91 Å². The molecule has 2 saturated carbocycles. The summed E-state index contributed by atoms with van der Waals surface area (Å²) >= 11 is 0. The van der Waals surface area contributed by atoms with Gasteiger partial charge in [-0.15, -0.1) is 0 Å². The Labute approximate surface area is 110 Å². The lowest BCUT2D eigenvalue weighted by molar-refractivity contribution is -0.123. The molecule has 0 aromatic carbocycles. The molecule has 2 unspecified atom stereocenters. The first-order valence-electron chi connectivity index (χ1n) is 7.83. The van der Waals surface area contributed by atoms with Gasteiger partial charge in [0.05, 0.1) is 6.54 Å². The van der Waals surface area contributed by atoms with Crippen molar-refractivity contribution in [2.75, 3.05) is 19.6 Å². The summed E-state index contributed by atoms with van der Waals surface area (Å²) in [5.41, 5.74) is 0. The average molecular weight is 250 g/mol. The van der Waals surface area contributed by atoms with Gasteiger partial charge in [0.1, 0.15) is 0 Å². The second kappa shape index (κ2) is 5.60. The lowest BCUT2D eigenvalue weighted by atomic mass is 9.95. The van der Waals surface area contributed by atoms with Crippen LogP contribution < -0.4 is 5.32 Å². The van der Waals surface area contributed by atoms with E-state index in [1.807, 2.05) is 0 Å². The minimum absolute atomic E-state index is 0.266. The quantitative estimate of drug-likeness (QED) is 0.832. The second-order valence-corrected chi connectivity index (χ2v) is 6.55. The van der Waals surface area contributed by atoms with Crippen LogP contribution in [-0.2, 0) is 4.79 Å². The minimum atomic E-state index is 0.266. The maximum absolute atomic E-state index is 12.0. The van der Waals surface area contributed by atoms with Crippen LogP contribution in [0.3, 0.4) is 0 Å². The van der Waals surface area contributed by atoms with Crippen LogP contribution in [0.4, 0.5) is 0 Å². The Bertz CT molecular complexity index is 287. The Kier molecular flexibility index (Phi) is 3.88. The molecule has 1 N–H and O–H groups in total. The maximum atomic E-state index is 12.0. The number of hydrogen-bond donors (Lipinski definition) is 1. The SMILES string of the molecule is O=C(CN1CC2CCCC2C1)NC1CCCCC1. The smallest absolute Gasteiger partial charge is 0.234 e. The molecule has 0 radical (unpaired) electrons. The monoisotopic (exact) mass is 250 g/mol. The maximum Gasteiger partial charge on any atom is 0.234 e. The van der Waals surface area contributed by atoms with Crippen LogP contribution >= 0.6 is 0 Å². The van der Waals surface area contributed by atoms with Gasteiger partial charge in [-0.25, -0.2) is 0 Å². The van der Waals surface area contributed by atoms with E-state index in [0.29, 0.717) is 12.6 Å². The summed E-state index contributed by atoms with van der Waals surface area (Å²) in [5.74, 6) is 2.06. The normalized spacial score (nSPS) is 33.6. The van der Waals surface area contributed by atoms with Crippen molar-refractivity contribution < 1.29 is 4.79 Å². The molecule has 3 fully saturated rings. The van der Waals surface area contributed by atoms with Crippen molar-refractivity contribution in [3.05, 3.63) is 0 Å². The van der Waals surface area contributed by atoms with Gasteiger partial charge in [-0.1, -0.05) is 25.7 Å². The lowest BCUT2D eigenvalue weighted by Gasteiger charge is -2.24. The van der Waals surface area contributed by atoms with E-state index in [0.717, 1.165) is 11.8 Å². The highest BCUT2D eigenvalue weighted by molar-refractivity contribution is 5.78. The fourth-order valence-electron chi connectivity index (χ4n) is 4.18. The summed E-state index contributed by atoms with van der Waals surface area (Å²) < 4.78 is 0. The van der Waals surface area contributed by atoms with Gasteiger partial charge >= 0.3 is 0 Å². The molecule has 102 valence electrons. The second-order valence-electron chi connectivity index (χ2n) is 6.55. The van der Waals surface area contributed by atoms with Crippen LogP contribution in [0.5, 0.6) is 0 Å². The van der Waals surface area contributed by atoms with Crippen LogP contribution in [0.1, 0.15) is 51.4 Å². The van der Waals surface area contributed by atoms with Gasteiger partial charge in [-0.05, 0) is 37.5 Å². The van der Waals surface area contributed by atoms with Gasteiger partial charge in [0, 0.05) is 19.1 Å². The predicted octanol–water partition coefficient (Wildman–Crippen LogP) is 2.17. The topological polar surface area (TPSA) is 32.3 Å². The number of amides is 1. The van der Waals surface area contributed by atoms with Crippen molar-refractivity contribution in [1.29, 1.82) is 0 Å². The third kappa shape index (κ3) is 2.87. The van der Waals surface area contributed by atoms with E-state index in [9.17, 15) is 4.79 Å². The number of likely N-dealkylation sites (tertiary alicyclic amines) is 1. The molecule has 3 heteroatoms. The van der Waals surface area contributed by atoms with Crippen molar-refractivity contribution >= 4 is 5.91 Å². The summed E-state index contributed by atoms with van der Waals surface area (Å²) in [4.78, 5) is 14.4. The summed E-state index contributed by atoms with van der Waals surface area (Å²) in [6, 6.07) is 0.466. The molecule has 3 aliphatic rings. The van der Waals surface area contributed by atoms with Crippen LogP contribution in [0.15, 0.2) is 0 Å². The number of carbonyl (C=O) groups is 1. The van der Waals surface area contributed by atoms with Crippen LogP contribution in [-0.4, -0.2) is 36.5 Å². The largest absolute Gasteiger partial charge is 0.352 e. The Hall–Kier alpha value is -0.570. The molecule has 3 rings (SSSR count). The molecule has 0 aromatic heterocycles. The molecule has 0 bridgehead atoms. The van der Waals surface area contributed by atoms with E-state index in [4.69, 9.17) is 0 Å². The molecule has 1 amide bonds. The van der Waals surface area contributed by atoms with Crippen molar-refractivity contribution in [2.45, 2.75) is 57.4 Å². The zero-order chi connectivity index (χ0) is 12.4. The number of nitrogens with zero attached hydrogens (tertiary/aromatic N) is 1. The Morgan fingerprint density at radius 2 is 1.61 bits per heavy atom. The van der Waals surface area contributed by atoms with Gasteiger partial charge in [0.25, 0.3) is 0 Å². The first kappa shape index (κ1) is 12.5. The van der Waals surface area contributed by atoms with Crippen LogP contribution in [0.25, 0.3) is 0 Å². The van der Waals surface area contributed by atoms with Gasteiger partial charge in [-0.2, -0.15) is 0 Å². The predicted molar refractivity (Wildman–Crippen MR) is 72.3 cm³/mol. The number of fused-ring (bicyclic) bond motifs is 1. The molecular formula is C15H26N2O. The fraction of sp³-hybridized carbons (Fsp3) is 0.933. The van der Waals surface area contributed by atoms with Gasteiger partial charge in [0.2, 0.25) is 5.91 Å². The van der Waals surface area contributed by atoms with E-state index >= 15 is 0 Å². The summed E-state index contributed by atoms with van der Waals surface area (Å²) in [7, 11) is 0. The lowest BCUT2D eigenvalue weighted by Crippen LogP contribution is -2.42. The van der Waals surface area contributed by atoms with E-state index in [1.165, 1.54) is 64.5 Å². The average Bonchev–Trinajstić information content (AvgIpc) is 2.90. The molecule has 1 heterocycles. The molecule has 2 atom stereocenters. The number of carbonyl (C=O) groups excluding carboxylic acids is 1. The highest BCUT2D eigenvalue weighted by Crippen LogP contribution is 2.37. The molecule has 2 aliphatic carbocycles. The summed E-state index contributed by atoms with van der Waals surface area (Å²) in [6.07, 6.45) is 10.5. The van der Waals surface area contributed by atoms with Crippen molar-refractivity contribution in [3.8, 4) is 0 Å². The number of nitrogens with one attached hydrogen (secondary N) is 1. The van der Waals surface area contributed by atoms with Crippen LogP contribution in [0, 0.1) is 11.8 Å². The van der Waals surface area contributed by atoms with E-state index in [2.05, 4.69) is 10.2 Å². The minimum Gasteiger partial charge on any atom is -0.352 e. The summed E-state index contributed by atoms with van der Waals surface area (Å²) in [5, 5.41) is 3.23. The summed E-state index contributed by atoms with van der Waals surface area (Å²) in [6.45, 7) is 2.98. The number of hydrogen-bond acceptors (Lipinski definition) is 2. The van der Waals surface area contributed by atoms with E-state index < -0.39 is 0 Å². The first-order chi connectivity index (χ1) is 8.81. The fourth-order valence-corrected chi connectivity index (χ4v) is 4.18. The molecule has 0 aromatic rings. The Balaban J connectivity index is 1.41. The molecule has 0 spiro atoms. The van der Waals surface area contributed by atoms with Gasteiger partial charge in [0.15, 0.2) is 0 Å². The Morgan fingerprint density at radius 3 is 2.28 bits per heavy atom. The molecule has 3 nitrogen and oxygen atoms in total. The van der Waals surface area contributed by atoms with Crippen molar-refractivity contribution in [3.63, 3.8) is 0 Å². The van der Waals surface area contributed by atoms with Gasteiger partial charge in [-0.3, -0.25) is 9.69 Å². The molecule has 18 heavy (non-hydrogen) atoms. The van der Waals surface area contributed by atoms with Crippen LogP contribution in [0.2, 0.25) is 0 Å². The van der Waals surface area contributed by atoms with E-state index in [1.54, 1.807) is 0 Å². The highest BCUT2D eigenvalue weighted by Gasteiger charge is 2.36. The van der Waals surface area contributed by atoms with Crippen molar-refractivity contribution in [2.24, 2.45) is 11.8 Å². The third-order valence-corrected chi connectivity index (χ3v) is 5.14. The third-order valence-electron chi connectivity index (χ3n) is 5.14. The van der Waals surface area contributed by atoms with Gasteiger partial charge < -0.3 is 5.32 Å². The van der Waals surface area contributed by atoms with Crippen molar-refractivity contribution in [1.82, 2.24) is 10.2 Å². The molecule has 1 saturated heterocycles. The molecule has 1 aliphatic heterocycles.